The molecule has 2 rings (SSSR count). The average molecular weight is 375 g/mol. The Balaban J connectivity index is 1.84. The molecular weight excluding hydrogens is 336 g/mol. The normalized spacial score (nSPS) is 17.6. The number of nitrogens with one attached hydrogen (secondary N) is 1. The second-order valence-corrected chi connectivity index (χ2v) is 7.17. The van der Waals surface area contributed by atoms with Gasteiger partial charge < -0.3 is 19.9 Å². The van der Waals surface area contributed by atoms with E-state index in [9.17, 15) is 0 Å². The van der Waals surface area contributed by atoms with E-state index in [2.05, 4.69) is 60.2 Å². The minimum Gasteiger partial charge on any atom is -0.497 e. The highest BCUT2D eigenvalue weighted by molar-refractivity contribution is 5.80. The summed E-state index contributed by atoms with van der Waals surface area (Å²) in [6, 6.07) is 8.52. The second-order valence-electron chi connectivity index (χ2n) is 7.17. The molecular formula is C22H38N4O. The zero-order chi connectivity index (χ0) is 19.5. The van der Waals surface area contributed by atoms with Crippen molar-refractivity contribution in [2.75, 3.05) is 52.9 Å². The first-order chi connectivity index (χ1) is 13.2. The summed E-state index contributed by atoms with van der Waals surface area (Å²) in [6.45, 7) is 14.0. The molecule has 5 heteroatoms. The first-order valence-electron chi connectivity index (χ1n) is 10.6. The topological polar surface area (TPSA) is 40.1 Å². The van der Waals surface area contributed by atoms with Crippen LogP contribution in [0.5, 0.6) is 5.75 Å². The Hall–Kier alpha value is -1.75. The molecule has 1 saturated heterocycles. The maximum absolute atomic E-state index is 5.27. The number of ether oxygens (including phenoxy) is 1. The molecule has 0 aliphatic carbocycles. The Morgan fingerprint density at radius 3 is 2.56 bits per heavy atom. The summed E-state index contributed by atoms with van der Waals surface area (Å²) >= 11 is 0. The van der Waals surface area contributed by atoms with Gasteiger partial charge >= 0.3 is 0 Å². The Morgan fingerprint density at radius 2 is 1.93 bits per heavy atom. The maximum atomic E-state index is 5.27. The predicted molar refractivity (Wildman–Crippen MR) is 115 cm³/mol. The highest BCUT2D eigenvalue weighted by atomic mass is 16.5. The number of guanidine groups is 1. The quantitative estimate of drug-likeness (QED) is 0.386. The van der Waals surface area contributed by atoms with Gasteiger partial charge in [0.1, 0.15) is 5.75 Å². The molecule has 1 atom stereocenters. The van der Waals surface area contributed by atoms with Crippen molar-refractivity contribution in [3.8, 4) is 5.75 Å². The van der Waals surface area contributed by atoms with Crippen LogP contribution in [0.15, 0.2) is 29.3 Å². The Kier molecular flexibility index (Phi) is 9.46. The van der Waals surface area contributed by atoms with E-state index < -0.39 is 0 Å². The predicted octanol–water partition coefficient (Wildman–Crippen LogP) is 3.57. The van der Waals surface area contributed by atoms with E-state index >= 15 is 0 Å². The van der Waals surface area contributed by atoms with E-state index in [0.717, 1.165) is 57.4 Å². The van der Waals surface area contributed by atoms with Gasteiger partial charge in [-0.25, -0.2) is 0 Å². The highest BCUT2D eigenvalue weighted by Gasteiger charge is 2.26. The number of likely N-dealkylation sites (tertiary alicyclic amines) is 1. The van der Waals surface area contributed by atoms with E-state index in [1.807, 2.05) is 0 Å². The number of unbranched alkanes of at least 4 members (excludes halogenated alkanes) is 1. The second kappa shape index (κ2) is 11.9. The van der Waals surface area contributed by atoms with Crippen LogP contribution in [0.1, 0.15) is 51.5 Å². The zero-order valence-electron chi connectivity index (χ0n) is 17.7. The lowest BCUT2D eigenvalue weighted by Crippen LogP contribution is -2.40. The van der Waals surface area contributed by atoms with Crippen LogP contribution >= 0.6 is 0 Å². The van der Waals surface area contributed by atoms with Crippen LogP contribution < -0.4 is 10.1 Å². The molecule has 1 fully saturated rings. The number of hydrogen-bond acceptors (Lipinski definition) is 3. The van der Waals surface area contributed by atoms with Gasteiger partial charge in [-0.15, -0.1) is 0 Å². The van der Waals surface area contributed by atoms with Crippen LogP contribution in [0.3, 0.4) is 0 Å². The van der Waals surface area contributed by atoms with Crippen LogP contribution in [0.4, 0.5) is 0 Å². The van der Waals surface area contributed by atoms with Crippen LogP contribution in [-0.4, -0.2) is 68.7 Å². The van der Waals surface area contributed by atoms with Gasteiger partial charge in [0.05, 0.1) is 7.11 Å². The first kappa shape index (κ1) is 21.5. The molecule has 1 aromatic carbocycles. The summed E-state index contributed by atoms with van der Waals surface area (Å²) in [5.41, 5.74) is 1.40. The van der Waals surface area contributed by atoms with E-state index in [4.69, 9.17) is 9.73 Å². The molecule has 0 spiro atoms. The summed E-state index contributed by atoms with van der Waals surface area (Å²) in [5, 5.41) is 3.48. The van der Waals surface area contributed by atoms with Crippen molar-refractivity contribution in [2.45, 2.75) is 46.0 Å². The highest BCUT2D eigenvalue weighted by Crippen LogP contribution is 2.28. The molecule has 152 valence electrons. The first-order valence-corrected chi connectivity index (χ1v) is 10.6. The molecule has 0 radical (unpaired) electrons. The van der Waals surface area contributed by atoms with Gasteiger partial charge in [0.2, 0.25) is 0 Å². The van der Waals surface area contributed by atoms with Crippen molar-refractivity contribution < 1.29 is 4.74 Å². The summed E-state index contributed by atoms with van der Waals surface area (Å²) in [5.74, 6) is 2.58. The largest absolute Gasteiger partial charge is 0.497 e. The zero-order valence-corrected chi connectivity index (χ0v) is 17.7. The summed E-state index contributed by atoms with van der Waals surface area (Å²) < 4.78 is 5.27. The third kappa shape index (κ3) is 6.73. The van der Waals surface area contributed by atoms with Crippen molar-refractivity contribution in [2.24, 2.45) is 4.99 Å². The lowest BCUT2D eigenvalue weighted by atomic mass is 9.98. The van der Waals surface area contributed by atoms with Gasteiger partial charge in [-0.05, 0) is 63.5 Å². The molecule has 27 heavy (non-hydrogen) atoms. The van der Waals surface area contributed by atoms with Gasteiger partial charge in [0.25, 0.3) is 0 Å². The summed E-state index contributed by atoms with van der Waals surface area (Å²) in [6.07, 6.45) is 3.55. The fourth-order valence-electron chi connectivity index (χ4n) is 3.70. The molecule has 0 aromatic heterocycles. The summed E-state index contributed by atoms with van der Waals surface area (Å²) in [4.78, 5) is 9.79. The van der Waals surface area contributed by atoms with Crippen molar-refractivity contribution in [1.82, 2.24) is 15.1 Å². The molecule has 0 amide bonds. The maximum Gasteiger partial charge on any atom is 0.193 e. The fraction of sp³-hybridized carbons (Fsp3) is 0.682. The van der Waals surface area contributed by atoms with Gasteiger partial charge in [-0.1, -0.05) is 26.0 Å². The third-order valence-corrected chi connectivity index (χ3v) is 5.45. The number of benzene rings is 1. The molecule has 1 heterocycles. The van der Waals surface area contributed by atoms with E-state index in [1.165, 1.54) is 24.9 Å². The Bertz CT molecular complexity index is 554. The monoisotopic (exact) mass is 374 g/mol. The van der Waals surface area contributed by atoms with Gasteiger partial charge in [0.15, 0.2) is 5.96 Å². The number of methoxy groups -OCH3 is 1. The van der Waals surface area contributed by atoms with Crippen molar-refractivity contribution >= 4 is 5.96 Å². The van der Waals surface area contributed by atoms with Gasteiger partial charge in [-0.2, -0.15) is 0 Å². The van der Waals surface area contributed by atoms with Crippen molar-refractivity contribution in [1.29, 1.82) is 0 Å². The smallest absolute Gasteiger partial charge is 0.193 e. The van der Waals surface area contributed by atoms with E-state index in [0.29, 0.717) is 5.92 Å². The molecule has 0 bridgehead atoms. The minimum absolute atomic E-state index is 0.572. The average Bonchev–Trinajstić information content (AvgIpc) is 3.20. The van der Waals surface area contributed by atoms with Crippen molar-refractivity contribution in [3.05, 3.63) is 29.8 Å². The molecule has 1 aromatic rings. The van der Waals surface area contributed by atoms with Crippen molar-refractivity contribution in [3.63, 3.8) is 0 Å². The summed E-state index contributed by atoms with van der Waals surface area (Å²) in [7, 11) is 1.72. The van der Waals surface area contributed by atoms with Gasteiger partial charge in [0, 0.05) is 32.1 Å². The molecule has 1 N–H and O–H groups in total. The number of rotatable bonds is 10. The van der Waals surface area contributed by atoms with Crippen LogP contribution in [0.25, 0.3) is 0 Å². The Labute approximate surface area is 165 Å². The van der Waals surface area contributed by atoms with Crippen LogP contribution in [0, 0.1) is 0 Å². The number of hydrogen-bond donors (Lipinski definition) is 1. The lowest BCUT2D eigenvalue weighted by molar-refractivity contribution is 0.297. The van der Waals surface area contributed by atoms with Gasteiger partial charge in [-0.3, -0.25) is 4.99 Å². The number of nitrogens with zero attached hydrogens (tertiary/aromatic N) is 3. The molecule has 1 unspecified atom stereocenters. The molecule has 1 aliphatic rings. The minimum atomic E-state index is 0.572. The fourth-order valence-corrected chi connectivity index (χ4v) is 3.70. The SMILES string of the molecule is CCNC(=NCCCCN(CC)CC)N1CCC(c2ccc(OC)cc2)C1. The lowest BCUT2D eigenvalue weighted by Gasteiger charge is -2.22. The third-order valence-electron chi connectivity index (χ3n) is 5.45. The standard InChI is InChI=1S/C22H38N4O/c1-5-23-22(24-15-8-9-16-25(6-2)7-3)26-17-14-20(18-26)19-10-12-21(27-4)13-11-19/h10-13,20H,5-9,14-18H2,1-4H3,(H,23,24). The van der Waals surface area contributed by atoms with E-state index in [1.54, 1.807) is 7.11 Å². The Morgan fingerprint density at radius 1 is 1.19 bits per heavy atom. The molecule has 5 nitrogen and oxygen atoms in total. The van der Waals surface area contributed by atoms with E-state index in [-0.39, 0.29) is 0 Å². The van der Waals surface area contributed by atoms with Crippen LogP contribution in [-0.2, 0) is 0 Å². The molecule has 0 saturated carbocycles. The molecule has 1 aliphatic heterocycles. The van der Waals surface area contributed by atoms with Crippen LogP contribution in [0.2, 0.25) is 0 Å². The number of aliphatic imine (C=N–C) groups is 1.